The Kier molecular flexibility index (Phi) is 50.2. The van der Waals surface area contributed by atoms with Gasteiger partial charge in [0.05, 0.1) is 19.8 Å². The zero-order valence-electron chi connectivity index (χ0n) is 31.7. The quantitative estimate of drug-likeness (QED) is 0.0275. The lowest BCUT2D eigenvalue weighted by molar-refractivity contribution is -0.137. The van der Waals surface area contributed by atoms with E-state index >= 15 is 0 Å². The fourth-order valence-corrected chi connectivity index (χ4v) is 5.78. The zero-order chi connectivity index (χ0) is 36.2. The number of hydrogen-bond acceptors (Lipinski definition) is 6. The minimum Gasteiger partial charge on any atom is -0.481 e. The molecule has 6 N–H and O–H groups in total. The van der Waals surface area contributed by atoms with Crippen molar-refractivity contribution in [3.8, 4) is 0 Å². The Hall–Kier alpha value is -0.540. The van der Waals surface area contributed by atoms with Crippen LogP contribution in [0, 0.1) is 0 Å². The standard InChI is InChI=1S/C18H36O2.C16H35O4P.C4H11NO2/c1-2-3-4-5-6-7-8-9-10-11-12-13-14-15-16-17-18(19)20;1-2-3-4-5-6-7-8-9-10-11-12-13-14-15-16-20-21(17,18)19;6-3-1-5-2-4-7/h2-17H2,1H3,(H,19,20);2-16H2,1H3,(H2,17,18,19);5-7H,1-4H2. The molecule has 0 aliphatic heterocycles. The number of aliphatic hydroxyl groups is 2. The Morgan fingerprint density at radius 3 is 1.02 bits per heavy atom. The Labute approximate surface area is 297 Å². The Morgan fingerprint density at radius 2 is 0.771 bits per heavy atom. The van der Waals surface area contributed by atoms with Crippen LogP contribution in [0.15, 0.2) is 0 Å². The third kappa shape index (κ3) is 60.8. The second-order valence-corrected chi connectivity index (χ2v) is 14.5. The second kappa shape index (κ2) is 46.5. The first-order valence-electron chi connectivity index (χ1n) is 20.1. The van der Waals surface area contributed by atoms with Crippen LogP contribution < -0.4 is 5.32 Å². The molecule has 0 aliphatic carbocycles. The summed E-state index contributed by atoms with van der Waals surface area (Å²) in [4.78, 5) is 27.4. The van der Waals surface area contributed by atoms with Crippen molar-refractivity contribution in [1.29, 1.82) is 0 Å². The largest absolute Gasteiger partial charge is 0.481 e. The highest BCUT2D eigenvalue weighted by molar-refractivity contribution is 7.46. The highest BCUT2D eigenvalue weighted by atomic mass is 31.2. The third-order valence-electron chi connectivity index (χ3n) is 8.33. The van der Waals surface area contributed by atoms with E-state index in [1.54, 1.807) is 0 Å². The molecule has 0 atom stereocenters. The fraction of sp³-hybridized carbons (Fsp3) is 0.974. The van der Waals surface area contributed by atoms with Gasteiger partial charge in [-0.3, -0.25) is 9.32 Å². The molecule has 9 nitrogen and oxygen atoms in total. The summed E-state index contributed by atoms with van der Waals surface area (Å²) in [5.41, 5.74) is 0. The molecule has 0 bridgehead atoms. The van der Waals surface area contributed by atoms with Crippen LogP contribution in [-0.2, 0) is 13.9 Å². The normalized spacial score (nSPS) is 11.1. The van der Waals surface area contributed by atoms with Crippen LogP contribution in [0.1, 0.15) is 206 Å². The highest BCUT2D eigenvalue weighted by Gasteiger charge is 2.12. The summed E-state index contributed by atoms with van der Waals surface area (Å²) >= 11 is 0. The molecule has 0 aromatic rings. The summed E-state index contributed by atoms with van der Waals surface area (Å²) in [6, 6.07) is 0. The average Bonchev–Trinajstić information content (AvgIpc) is 3.05. The van der Waals surface area contributed by atoms with Crippen LogP contribution >= 0.6 is 7.82 Å². The van der Waals surface area contributed by atoms with Crippen LogP contribution in [0.3, 0.4) is 0 Å². The van der Waals surface area contributed by atoms with Crippen LogP contribution in [0.5, 0.6) is 0 Å². The van der Waals surface area contributed by atoms with E-state index in [1.165, 1.54) is 154 Å². The van der Waals surface area contributed by atoms with Crippen molar-refractivity contribution in [2.75, 3.05) is 32.9 Å². The first kappa shape index (κ1) is 51.8. The first-order chi connectivity index (χ1) is 23.2. The minimum atomic E-state index is -4.25. The average molecular weight is 712 g/mol. The molecule has 0 amide bonds. The van der Waals surface area contributed by atoms with Crippen molar-refractivity contribution in [2.24, 2.45) is 0 Å². The van der Waals surface area contributed by atoms with E-state index in [-0.39, 0.29) is 19.8 Å². The molecule has 0 aliphatic rings. The molecular weight excluding hydrogens is 629 g/mol. The predicted molar refractivity (Wildman–Crippen MR) is 203 cm³/mol. The van der Waals surface area contributed by atoms with Gasteiger partial charge in [-0.05, 0) is 12.8 Å². The summed E-state index contributed by atoms with van der Waals surface area (Å²) in [7, 11) is -4.25. The number of phosphoric ester groups is 1. The first-order valence-corrected chi connectivity index (χ1v) is 21.6. The van der Waals surface area contributed by atoms with E-state index in [2.05, 4.69) is 23.7 Å². The van der Waals surface area contributed by atoms with Gasteiger partial charge in [-0.1, -0.05) is 187 Å². The number of phosphoric acid groups is 1. The lowest BCUT2D eigenvalue weighted by atomic mass is 10.0. The van der Waals surface area contributed by atoms with Gasteiger partial charge in [-0.2, -0.15) is 0 Å². The number of carbonyl (C=O) groups is 1. The van der Waals surface area contributed by atoms with Gasteiger partial charge in [-0.15, -0.1) is 0 Å². The van der Waals surface area contributed by atoms with E-state index in [9.17, 15) is 9.36 Å². The van der Waals surface area contributed by atoms with Crippen molar-refractivity contribution >= 4 is 13.8 Å². The molecule has 10 heteroatoms. The molecule has 0 aromatic heterocycles. The second-order valence-electron chi connectivity index (χ2n) is 13.2. The molecule has 0 saturated heterocycles. The van der Waals surface area contributed by atoms with Crippen LogP contribution in [-0.4, -0.2) is 64.0 Å². The third-order valence-corrected chi connectivity index (χ3v) is 8.85. The van der Waals surface area contributed by atoms with Gasteiger partial charge in [0.15, 0.2) is 0 Å². The van der Waals surface area contributed by atoms with E-state index in [0.717, 1.165) is 32.1 Å². The summed E-state index contributed by atoms with van der Waals surface area (Å²) in [6.07, 6.45) is 38.0. The summed E-state index contributed by atoms with van der Waals surface area (Å²) in [5.74, 6) is -0.653. The molecule has 292 valence electrons. The van der Waals surface area contributed by atoms with Gasteiger partial charge >= 0.3 is 13.8 Å². The molecular formula is C38H82NO8P. The van der Waals surface area contributed by atoms with Crippen molar-refractivity contribution in [3.63, 3.8) is 0 Å². The van der Waals surface area contributed by atoms with E-state index in [1.807, 2.05) is 0 Å². The predicted octanol–water partition coefficient (Wildman–Crippen LogP) is 10.5. The van der Waals surface area contributed by atoms with Crippen LogP contribution in [0.2, 0.25) is 0 Å². The van der Waals surface area contributed by atoms with Crippen LogP contribution in [0.25, 0.3) is 0 Å². The molecule has 0 fully saturated rings. The van der Waals surface area contributed by atoms with Gasteiger partial charge in [0, 0.05) is 19.5 Å². The van der Waals surface area contributed by atoms with Crippen molar-refractivity contribution in [2.45, 2.75) is 206 Å². The van der Waals surface area contributed by atoms with Crippen molar-refractivity contribution in [3.05, 3.63) is 0 Å². The molecule has 0 radical (unpaired) electrons. The van der Waals surface area contributed by atoms with Crippen molar-refractivity contribution < 1.29 is 39.0 Å². The number of nitrogens with one attached hydrogen (secondary N) is 1. The van der Waals surface area contributed by atoms with E-state index < -0.39 is 13.8 Å². The maximum absolute atomic E-state index is 10.4. The lowest BCUT2D eigenvalue weighted by Gasteiger charge is -2.05. The number of aliphatic hydroxyl groups excluding tert-OH is 2. The smallest absolute Gasteiger partial charge is 0.469 e. The van der Waals surface area contributed by atoms with Gasteiger partial charge in [0.25, 0.3) is 0 Å². The number of carboxylic acid groups (broad SMARTS) is 1. The Bertz CT molecular complexity index is 632. The summed E-state index contributed by atoms with van der Waals surface area (Å²) < 4.78 is 14.8. The Morgan fingerprint density at radius 1 is 0.500 bits per heavy atom. The van der Waals surface area contributed by atoms with Gasteiger partial charge in [0.2, 0.25) is 0 Å². The van der Waals surface area contributed by atoms with Gasteiger partial charge in [-0.25, -0.2) is 4.57 Å². The molecule has 0 saturated carbocycles. The maximum Gasteiger partial charge on any atom is 0.469 e. The number of aliphatic carboxylic acids is 1. The Balaban J connectivity index is -0.000000705. The number of hydrogen-bond donors (Lipinski definition) is 6. The number of carboxylic acids is 1. The van der Waals surface area contributed by atoms with Crippen molar-refractivity contribution in [1.82, 2.24) is 5.32 Å². The zero-order valence-corrected chi connectivity index (χ0v) is 32.6. The SMILES string of the molecule is CCCCCCCCCCCCCCCCCC(=O)O.CCCCCCCCCCCCCCCCOP(=O)(O)O.OCCNCCO. The van der Waals surface area contributed by atoms with E-state index in [0.29, 0.717) is 19.5 Å². The topological polar surface area (TPSA) is 157 Å². The van der Waals surface area contributed by atoms with Gasteiger partial charge < -0.3 is 30.4 Å². The molecule has 0 rings (SSSR count). The molecule has 0 aromatic carbocycles. The minimum absolute atomic E-state index is 0.139. The lowest BCUT2D eigenvalue weighted by Crippen LogP contribution is -2.21. The fourth-order valence-electron chi connectivity index (χ4n) is 5.41. The monoisotopic (exact) mass is 712 g/mol. The summed E-state index contributed by atoms with van der Waals surface area (Å²) in [5, 5.41) is 27.6. The highest BCUT2D eigenvalue weighted by Crippen LogP contribution is 2.35. The summed E-state index contributed by atoms with van der Waals surface area (Å²) in [6.45, 7) is 6.11. The number of rotatable bonds is 36. The van der Waals surface area contributed by atoms with E-state index in [4.69, 9.17) is 25.1 Å². The maximum atomic E-state index is 10.4. The van der Waals surface area contributed by atoms with Crippen LogP contribution in [0.4, 0.5) is 0 Å². The molecule has 0 heterocycles. The number of unbranched alkanes of at least 4 members (excludes halogenated alkanes) is 27. The molecule has 48 heavy (non-hydrogen) atoms. The van der Waals surface area contributed by atoms with Gasteiger partial charge in [0.1, 0.15) is 0 Å². The molecule has 0 unspecified atom stereocenters. The molecule has 0 spiro atoms.